The highest BCUT2D eigenvalue weighted by molar-refractivity contribution is 5.95. The average Bonchev–Trinajstić information content (AvgIpc) is 2.48. The van der Waals surface area contributed by atoms with Gasteiger partial charge in [-0.05, 0) is 32.4 Å². The van der Waals surface area contributed by atoms with Crippen LogP contribution < -0.4 is 0 Å². The molecule has 4 nitrogen and oxygen atoms in total. The number of benzene rings is 1. The molecular formula is C16H21N3O. The molecule has 2 aromatic rings. The quantitative estimate of drug-likeness (QED) is 0.839. The number of carbonyl (C=O) groups is 1. The Morgan fingerprint density at radius 1 is 1.05 bits per heavy atom. The van der Waals surface area contributed by atoms with Gasteiger partial charge in [0.05, 0.1) is 16.7 Å². The first-order valence-corrected chi connectivity index (χ1v) is 7.26. The highest BCUT2D eigenvalue weighted by Gasteiger charge is 2.19. The van der Waals surface area contributed by atoms with Gasteiger partial charge < -0.3 is 4.90 Å². The van der Waals surface area contributed by atoms with Crippen molar-refractivity contribution in [2.45, 2.75) is 33.6 Å². The molecule has 0 aliphatic rings. The Kier molecular flexibility index (Phi) is 4.66. The number of rotatable bonds is 5. The number of aryl methyl sites for hydroxylation is 1. The van der Waals surface area contributed by atoms with Crippen LogP contribution in [-0.2, 0) is 6.42 Å². The van der Waals surface area contributed by atoms with Gasteiger partial charge >= 0.3 is 0 Å². The van der Waals surface area contributed by atoms with Crippen LogP contribution in [0, 0.1) is 0 Å². The lowest BCUT2D eigenvalue weighted by atomic mass is 10.1. The molecule has 106 valence electrons. The van der Waals surface area contributed by atoms with Crippen molar-refractivity contribution in [3.8, 4) is 0 Å². The van der Waals surface area contributed by atoms with E-state index < -0.39 is 0 Å². The maximum absolute atomic E-state index is 12.6. The SMILES string of the molecule is CCCc1nc2ccccc2nc1C(=O)N(CC)CC. The molecular weight excluding hydrogens is 250 g/mol. The van der Waals surface area contributed by atoms with E-state index >= 15 is 0 Å². The largest absolute Gasteiger partial charge is 0.338 e. The summed E-state index contributed by atoms with van der Waals surface area (Å²) in [6, 6.07) is 7.70. The van der Waals surface area contributed by atoms with Crippen LogP contribution in [0.1, 0.15) is 43.4 Å². The Labute approximate surface area is 119 Å². The summed E-state index contributed by atoms with van der Waals surface area (Å²) >= 11 is 0. The molecule has 0 spiro atoms. The van der Waals surface area contributed by atoms with Gasteiger partial charge in [0.25, 0.3) is 5.91 Å². The van der Waals surface area contributed by atoms with Crippen molar-refractivity contribution in [1.82, 2.24) is 14.9 Å². The summed E-state index contributed by atoms with van der Waals surface area (Å²) in [4.78, 5) is 23.5. The molecule has 2 rings (SSSR count). The molecule has 1 amide bonds. The Morgan fingerprint density at radius 3 is 2.20 bits per heavy atom. The van der Waals surface area contributed by atoms with Gasteiger partial charge in [0.15, 0.2) is 5.69 Å². The van der Waals surface area contributed by atoms with E-state index in [1.54, 1.807) is 4.90 Å². The summed E-state index contributed by atoms with van der Waals surface area (Å²) in [6.07, 6.45) is 1.73. The molecule has 0 fully saturated rings. The Hall–Kier alpha value is -1.97. The highest BCUT2D eigenvalue weighted by Crippen LogP contribution is 2.16. The molecule has 1 heterocycles. The first kappa shape index (κ1) is 14.4. The van der Waals surface area contributed by atoms with Gasteiger partial charge in [-0.15, -0.1) is 0 Å². The minimum atomic E-state index is -0.0169. The molecule has 0 radical (unpaired) electrons. The van der Waals surface area contributed by atoms with Crippen LogP contribution >= 0.6 is 0 Å². The summed E-state index contributed by atoms with van der Waals surface area (Å²) in [7, 11) is 0. The third-order valence-electron chi connectivity index (χ3n) is 3.38. The molecule has 4 heteroatoms. The van der Waals surface area contributed by atoms with Crippen molar-refractivity contribution in [1.29, 1.82) is 0 Å². The summed E-state index contributed by atoms with van der Waals surface area (Å²) in [6.45, 7) is 7.43. The first-order chi connectivity index (χ1) is 9.71. The van der Waals surface area contributed by atoms with Gasteiger partial charge in [0, 0.05) is 13.1 Å². The molecule has 0 bridgehead atoms. The lowest BCUT2D eigenvalue weighted by Gasteiger charge is -2.19. The van der Waals surface area contributed by atoms with Crippen molar-refractivity contribution < 1.29 is 4.79 Å². The Balaban J connectivity index is 2.54. The fourth-order valence-electron chi connectivity index (χ4n) is 2.28. The predicted octanol–water partition coefficient (Wildman–Crippen LogP) is 3.06. The van der Waals surface area contributed by atoms with E-state index in [0.29, 0.717) is 18.8 Å². The predicted molar refractivity (Wildman–Crippen MR) is 80.8 cm³/mol. The summed E-state index contributed by atoms with van der Waals surface area (Å²) < 4.78 is 0. The number of para-hydroxylation sites is 2. The summed E-state index contributed by atoms with van der Waals surface area (Å²) in [5, 5.41) is 0. The monoisotopic (exact) mass is 271 g/mol. The molecule has 0 N–H and O–H groups in total. The van der Waals surface area contributed by atoms with E-state index in [1.807, 2.05) is 38.1 Å². The summed E-state index contributed by atoms with van der Waals surface area (Å²) in [5.41, 5.74) is 2.95. The third kappa shape index (κ3) is 2.79. The van der Waals surface area contributed by atoms with Crippen LogP contribution in [0.4, 0.5) is 0 Å². The fourth-order valence-corrected chi connectivity index (χ4v) is 2.28. The number of hydrogen-bond acceptors (Lipinski definition) is 3. The number of hydrogen-bond donors (Lipinski definition) is 0. The van der Waals surface area contributed by atoms with Crippen LogP contribution in [0.5, 0.6) is 0 Å². The zero-order valence-corrected chi connectivity index (χ0v) is 12.4. The molecule has 20 heavy (non-hydrogen) atoms. The van der Waals surface area contributed by atoms with Gasteiger partial charge in [-0.1, -0.05) is 25.5 Å². The average molecular weight is 271 g/mol. The first-order valence-electron chi connectivity index (χ1n) is 7.26. The van der Waals surface area contributed by atoms with E-state index in [9.17, 15) is 4.79 Å². The van der Waals surface area contributed by atoms with Gasteiger partial charge in [-0.3, -0.25) is 4.79 Å². The smallest absolute Gasteiger partial charge is 0.274 e. The van der Waals surface area contributed by atoms with E-state index in [4.69, 9.17) is 0 Å². The van der Waals surface area contributed by atoms with Crippen LogP contribution in [0.25, 0.3) is 11.0 Å². The lowest BCUT2D eigenvalue weighted by Crippen LogP contribution is -2.32. The maximum atomic E-state index is 12.6. The second-order valence-corrected chi connectivity index (χ2v) is 4.74. The normalized spacial score (nSPS) is 10.8. The molecule has 1 aromatic carbocycles. The maximum Gasteiger partial charge on any atom is 0.274 e. The minimum Gasteiger partial charge on any atom is -0.338 e. The van der Waals surface area contributed by atoms with Gasteiger partial charge in [-0.2, -0.15) is 0 Å². The molecule has 1 aromatic heterocycles. The topological polar surface area (TPSA) is 46.1 Å². The zero-order chi connectivity index (χ0) is 14.5. The minimum absolute atomic E-state index is 0.0169. The molecule has 0 atom stereocenters. The van der Waals surface area contributed by atoms with Crippen molar-refractivity contribution in [3.05, 3.63) is 35.7 Å². The lowest BCUT2D eigenvalue weighted by molar-refractivity contribution is 0.0766. The molecule has 0 saturated carbocycles. The number of aromatic nitrogens is 2. The van der Waals surface area contributed by atoms with Crippen LogP contribution in [0.3, 0.4) is 0 Å². The van der Waals surface area contributed by atoms with Crippen LogP contribution in [-0.4, -0.2) is 33.9 Å². The molecule has 0 aliphatic heterocycles. The highest BCUT2D eigenvalue weighted by atomic mass is 16.2. The Morgan fingerprint density at radius 2 is 1.65 bits per heavy atom. The molecule has 0 aliphatic carbocycles. The van der Waals surface area contributed by atoms with E-state index in [0.717, 1.165) is 29.6 Å². The number of fused-ring (bicyclic) bond motifs is 1. The standard InChI is InChI=1S/C16H21N3O/c1-4-9-14-15(16(20)19(5-2)6-3)18-13-11-8-7-10-12(13)17-14/h7-8,10-11H,4-6,9H2,1-3H3. The van der Waals surface area contributed by atoms with Gasteiger partial charge in [0.1, 0.15) is 0 Å². The number of nitrogens with zero attached hydrogens (tertiary/aromatic N) is 3. The van der Waals surface area contributed by atoms with E-state index in [2.05, 4.69) is 16.9 Å². The fraction of sp³-hybridized carbons (Fsp3) is 0.438. The van der Waals surface area contributed by atoms with Gasteiger partial charge in [-0.25, -0.2) is 9.97 Å². The van der Waals surface area contributed by atoms with Crippen molar-refractivity contribution in [2.24, 2.45) is 0 Å². The second-order valence-electron chi connectivity index (χ2n) is 4.74. The third-order valence-corrected chi connectivity index (χ3v) is 3.38. The van der Waals surface area contributed by atoms with Crippen molar-refractivity contribution in [3.63, 3.8) is 0 Å². The van der Waals surface area contributed by atoms with Crippen molar-refractivity contribution in [2.75, 3.05) is 13.1 Å². The van der Waals surface area contributed by atoms with E-state index in [-0.39, 0.29) is 5.91 Å². The second kappa shape index (κ2) is 6.46. The molecule has 0 unspecified atom stereocenters. The van der Waals surface area contributed by atoms with Crippen LogP contribution in [0.15, 0.2) is 24.3 Å². The zero-order valence-electron chi connectivity index (χ0n) is 12.4. The van der Waals surface area contributed by atoms with Crippen molar-refractivity contribution >= 4 is 16.9 Å². The van der Waals surface area contributed by atoms with Gasteiger partial charge in [0.2, 0.25) is 0 Å². The summed E-state index contributed by atoms with van der Waals surface area (Å²) in [5.74, 6) is -0.0169. The number of amides is 1. The number of carbonyl (C=O) groups excluding carboxylic acids is 1. The van der Waals surface area contributed by atoms with E-state index in [1.165, 1.54) is 0 Å². The molecule has 0 saturated heterocycles. The van der Waals surface area contributed by atoms with Crippen LogP contribution in [0.2, 0.25) is 0 Å². The Bertz CT molecular complexity index is 606.